The Morgan fingerprint density at radius 2 is 2.28 bits per heavy atom. The van der Waals surface area contributed by atoms with Crippen LogP contribution in [0, 0.1) is 5.82 Å². The number of hydrogen-bond donors (Lipinski definition) is 2. The molecular weight excluding hydrogens is 233 g/mol. The van der Waals surface area contributed by atoms with Crippen LogP contribution in [0.2, 0.25) is 0 Å². The lowest BCUT2D eigenvalue weighted by molar-refractivity contribution is -0.122. The molecule has 2 unspecified atom stereocenters. The number of rotatable bonds is 2. The summed E-state index contributed by atoms with van der Waals surface area (Å²) in [6.07, 6.45) is 0. The van der Waals surface area contributed by atoms with Crippen molar-refractivity contribution in [1.82, 2.24) is 5.32 Å². The lowest BCUT2D eigenvalue weighted by atomic mass is 10.0. The molecule has 5 heteroatoms. The van der Waals surface area contributed by atoms with Gasteiger partial charge < -0.3 is 16.0 Å². The number of carbonyl (C=O) groups is 1. The summed E-state index contributed by atoms with van der Waals surface area (Å²) in [6.45, 7) is 4.79. The molecule has 0 aliphatic carbocycles. The molecule has 1 heterocycles. The highest BCUT2D eigenvalue weighted by Gasteiger charge is 2.28. The smallest absolute Gasteiger partial charge is 0.242 e. The third-order valence-corrected chi connectivity index (χ3v) is 3.29. The van der Waals surface area contributed by atoms with Gasteiger partial charge in [-0.15, -0.1) is 0 Å². The first-order valence-electron chi connectivity index (χ1n) is 6.10. The van der Waals surface area contributed by atoms with Gasteiger partial charge >= 0.3 is 0 Å². The highest BCUT2D eigenvalue weighted by Crippen LogP contribution is 2.29. The van der Waals surface area contributed by atoms with E-state index in [4.69, 9.17) is 5.73 Å². The molecule has 1 aromatic rings. The van der Waals surface area contributed by atoms with Crippen molar-refractivity contribution in [2.24, 2.45) is 5.73 Å². The topological polar surface area (TPSA) is 58.4 Å². The van der Waals surface area contributed by atoms with Crippen molar-refractivity contribution in [1.29, 1.82) is 0 Å². The predicted molar refractivity (Wildman–Crippen MR) is 68.8 cm³/mol. The number of halogens is 1. The fourth-order valence-electron chi connectivity index (χ4n) is 2.34. The molecule has 0 bridgehead atoms. The van der Waals surface area contributed by atoms with E-state index in [0.29, 0.717) is 24.3 Å². The molecule has 3 N–H and O–H groups in total. The van der Waals surface area contributed by atoms with Crippen molar-refractivity contribution < 1.29 is 9.18 Å². The first kappa shape index (κ1) is 12.8. The molecule has 1 aromatic carbocycles. The summed E-state index contributed by atoms with van der Waals surface area (Å²) in [6, 6.07) is 4.15. The first-order valence-corrected chi connectivity index (χ1v) is 6.10. The monoisotopic (exact) mass is 251 g/mol. The van der Waals surface area contributed by atoms with Crippen LogP contribution in [0.3, 0.4) is 0 Å². The van der Waals surface area contributed by atoms with Crippen LogP contribution in [0.4, 0.5) is 10.1 Å². The molecule has 4 nitrogen and oxygen atoms in total. The lowest BCUT2D eigenvalue weighted by Crippen LogP contribution is -2.54. The Bertz CT molecular complexity index is 462. The van der Waals surface area contributed by atoms with Gasteiger partial charge in [0.1, 0.15) is 11.9 Å². The van der Waals surface area contributed by atoms with Crippen LogP contribution in [0.25, 0.3) is 0 Å². The van der Waals surface area contributed by atoms with Crippen molar-refractivity contribution in [3.05, 3.63) is 29.6 Å². The van der Waals surface area contributed by atoms with Crippen molar-refractivity contribution in [2.45, 2.75) is 25.9 Å². The van der Waals surface area contributed by atoms with Gasteiger partial charge in [-0.05, 0) is 26.0 Å². The van der Waals surface area contributed by atoms with Gasteiger partial charge in [0.15, 0.2) is 0 Å². The molecule has 1 fully saturated rings. The maximum atomic E-state index is 13.9. The van der Waals surface area contributed by atoms with Crippen LogP contribution in [0.15, 0.2) is 18.2 Å². The minimum Gasteiger partial charge on any atom is -0.358 e. The normalized spacial score (nSPS) is 21.7. The molecule has 98 valence electrons. The van der Waals surface area contributed by atoms with Crippen molar-refractivity contribution >= 4 is 11.6 Å². The second-order valence-corrected chi connectivity index (χ2v) is 4.62. The van der Waals surface area contributed by atoms with E-state index in [2.05, 4.69) is 5.32 Å². The minimum absolute atomic E-state index is 0.0406. The number of benzene rings is 1. The van der Waals surface area contributed by atoms with Crippen LogP contribution >= 0.6 is 0 Å². The highest BCUT2D eigenvalue weighted by atomic mass is 19.1. The molecule has 0 spiro atoms. The van der Waals surface area contributed by atoms with Gasteiger partial charge in [-0.25, -0.2) is 4.39 Å². The molecule has 2 rings (SSSR count). The van der Waals surface area contributed by atoms with Crippen molar-refractivity contribution in [3.8, 4) is 0 Å². The fourth-order valence-corrected chi connectivity index (χ4v) is 2.34. The summed E-state index contributed by atoms with van der Waals surface area (Å²) in [4.78, 5) is 13.6. The standard InChI is InChI=1S/C13H18FN3O/c1-8(15)12-10(14)4-3-5-11(12)17-7-6-16-13(18)9(17)2/h3-5,8-9H,6-7,15H2,1-2H3,(H,16,18). The lowest BCUT2D eigenvalue weighted by Gasteiger charge is -2.36. The largest absolute Gasteiger partial charge is 0.358 e. The summed E-state index contributed by atoms with van der Waals surface area (Å²) >= 11 is 0. The average molecular weight is 251 g/mol. The minimum atomic E-state index is -0.404. The molecule has 1 aliphatic rings. The fraction of sp³-hybridized carbons (Fsp3) is 0.462. The van der Waals surface area contributed by atoms with E-state index in [-0.39, 0.29) is 17.8 Å². The summed E-state index contributed by atoms with van der Waals surface area (Å²) in [7, 11) is 0. The molecule has 18 heavy (non-hydrogen) atoms. The van der Waals surface area contributed by atoms with E-state index < -0.39 is 6.04 Å². The van der Waals surface area contributed by atoms with Crippen LogP contribution in [-0.2, 0) is 4.79 Å². The van der Waals surface area contributed by atoms with Crippen molar-refractivity contribution in [2.75, 3.05) is 18.0 Å². The molecule has 1 aliphatic heterocycles. The third-order valence-electron chi connectivity index (χ3n) is 3.29. The SMILES string of the molecule is CC(N)c1c(F)cccc1N1CCNC(=O)C1C. The van der Waals surface area contributed by atoms with Crippen molar-refractivity contribution in [3.63, 3.8) is 0 Å². The van der Waals surface area contributed by atoms with Gasteiger partial charge in [0.2, 0.25) is 5.91 Å². The van der Waals surface area contributed by atoms with Gasteiger partial charge in [-0.1, -0.05) is 6.07 Å². The number of amides is 1. The second-order valence-electron chi connectivity index (χ2n) is 4.62. The Morgan fingerprint density at radius 3 is 2.94 bits per heavy atom. The van der Waals surface area contributed by atoms with Crippen LogP contribution in [0.1, 0.15) is 25.5 Å². The summed E-state index contributed by atoms with van der Waals surface area (Å²) < 4.78 is 13.9. The summed E-state index contributed by atoms with van der Waals surface area (Å²) in [5, 5.41) is 2.79. The molecule has 1 amide bonds. The van der Waals surface area contributed by atoms with Crippen LogP contribution < -0.4 is 16.0 Å². The molecule has 2 atom stereocenters. The Kier molecular flexibility index (Phi) is 3.52. The summed E-state index contributed by atoms with van der Waals surface area (Å²) in [5.74, 6) is -0.359. The van der Waals surface area contributed by atoms with Gasteiger partial charge in [0, 0.05) is 30.4 Å². The van der Waals surface area contributed by atoms with Gasteiger partial charge in [0.25, 0.3) is 0 Å². The molecule has 0 radical (unpaired) electrons. The summed E-state index contributed by atoms with van der Waals surface area (Å²) in [5.41, 5.74) is 7.02. The van der Waals surface area contributed by atoms with E-state index in [9.17, 15) is 9.18 Å². The number of nitrogens with two attached hydrogens (primary N) is 1. The Hall–Kier alpha value is -1.62. The van der Waals surface area contributed by atoms with Gasteiger partial charge in [0.05, 0.1) is 0 Å². The number of nitrogens with one attached hydrogen (secondary N) is 1. The number of piperazine rings is 1. The van der Waals surface area contributed by atoms with E-state index in [1.807, 2.05) is 17.9 Å². The maximum Gasteiger partial charge on any atom is 0.242 e. The van der Waals surface area contributed by atoms with E-state index in [1.165, 1.54) is 6.07 Å². The second kappa shape index (κ2) is 4.94. The van der Waals surface area contributed by atoms with Gasteiger partial charge in [-0.2, -0.15) is 0 Å². The molecule has 0 saturated carbocycles. The molecular formula is C13H18FN3O. The Balaban J connectivity index is 2.44. The molecule has 1 saturated heterocycles. The van der Waals surface area contributed by atoms with Gasteiger partial charge in [-0.3, -0.25) is 4.79 Å². The quantitative estimate of drug-likeness (QED) is 0.829. The Labute approximate surface area is 106 Å². The highest BCUT2D eigenvalue weighted by molar-refractivity contribution is 5.86. The van der Waals surface area contributed by atoms with E-state index in [1.54, 1.807) is 13.0 Å². The zero-order valence-electron chi connectivity index (χ0n) is 10.6. The predicted octanol–water partition coefficient (Wildman–Crippen LogP) is 1.17. The number of nitrogens with zero attached hydrogens (tertiary/aromatic N) is 1. The van der Waals surface area contributed by atoms with Crippen LogP contribution in [0.5, 0.6) is 0 Å². The maximum absolute atomic E-state index is 13.9. The number of carbonyl (C=O) groups excluding carboxylic acids is 1. The first-order chi connectivity index (χ1) is 8.52. The van der Waals surface area contributed by atoms with Crippen LogP contribution in [-0.4, -0.2) is 25.0 Å². The third kappa shape index (κ3) is 2.18. The van der Waals surface area contributed by atoms with E-state index in [0.717, 1.165) is 0 Å². The average Bonchev–Trinajstić information content (AvgIpc) is 2.32. The van der Waals surface area contributed by atoms with E-state index >= 15 is 0 Å². The Morgan fingerprint density at radius 1 is 1.56 bits per heavy atom. The zero-order valence-corrected chi connectivity index (χ0v) is 10.6. The zero-order chi connectivity index (χ0) is 13.3. The number of hydrogen-bond acceptors (Lipinski definition) is 3. The molecule has 0 aromatic heterocycles. The number of anilines is 1.